The van der Waals surface area contributed by atoms with E-state index in [0.717, 1.165) is 0 Å². The first-order valence-corrected chi connectivity index (χ1v) is 4.46. The molecule has 0 fully saturated rings. The summed E-state index contributed by atoms with van der Waals surface area (Å²) in [5.41, 5.74) is -0.327. The molecule has 12 heavy (non-hydrogen) atoms. The van der Waals surface area contributed by atoms with Crippen LogP contribution in [0.25, 0.3) is 0 Å². The molecule has 0 aliphatic heterocycles. The van der Waals surface area contributed by atoms with Crippen molar-refractivity contribution in [3.05, 3.63) is 0 Å². The summed E-state index contributed by atoms with van der Waals surface area (Å²) in [6, 6.07) is 0. The van der Waals surface area contributed by atoms with Gasteiger partial charge in [-0.1, -0.05) is 34.6 Å². The molecule has 1 unspecified atom stereocenters. The molecule has 1 N–H and O–H groups in total. The highest BCUT2D eigenvalue weighted by molar-refractivity contribution is 5.83. The van der Waals surface area contributed by atoms with Crippen molar-refractivity contribution in [1.82, 2.24) is 0 Å². The highest BCUT2D eigenvalue weighted by atomic mass is 16.3. The van der Waals surface area contributed by atoms with E-state index in [2.05, 4.69) is 0 Å². The van der Waals surface area contributed by atoms with Gasteiger partial charge in [-0.15, -0.1) is 0 Å². The zero-order valence-corrected chi connectivity index (χ0v) is 8.72. The number of ketones is 1. The van der Waals surface area contributed by atoms with Crippen LogP contribution in [0.1, 0.15) is 41.0 Å². The number of aliphatic hydroxyl groups excluding tert-OH is 1. The molecule has 1 atom stereocenters. The molecule has 0 aliphatic carbocycles. The highest BCUT2D eigenvalue weighted by Gasteiger charge is 2.28. The number of rotatable bonds is 3. The summed E-state index contributed by atoms with van der Waals surface area (Å²) in [6.07, 6.45) is -0.349. The summed E-state index contributed by atoms with van der Waals surface area (Å²) >= 11 is 0. The topological polar surface area (TPSA) is 37.3 Å². The van der Waals surface area contributed by atoms with E-state index in [4.69, 9.17) is 0 Å². The summed E-state index contributed by atoms with van der Waals surface area (Å²) in [6.45, 7) is 9.57. The van der Waals surface area contributed by atoms with Gasteiger partial charge in [-0.05, 0) is 11.3 Å². The summed E-state index contributed by atoms with van der Waals surface area (Å²) < 4.78 is 0. The van der Waals surface area contributed by atoms with Crippen LogP contribution in [0.3, 0.4) is 0 Å². The largest absolute Gasteiger partial charge is 0.385 e. The summed E-state index contributed by atoms with van der Waals surface area (Å²) in [5, 5.41) is 9.55. The number of aliphatic hydroxyl groups is 1. The lowest BCUT2D eigenvalue weighted by atomic mass is 9.84. The second kappa shape index (κ2) is 4.04. The zero-order valence-electron chi connectivity index (χ0n) is 8.72. The molecular formula is C10H20O2. The van der Waals surface area contributed by atoms with Crippen molar-refractivity contribution in [3.8, 4) is 0 Å². The first kappa shape index (κ1) is 11.6. The van der Waals surface area contributed by atoms with Gasteiger partial charge in [-0.3, -0.25) is 4.79 Å². The monoisotopic (exact) mass is 172 g/mol. The predicted octanol–water partition coefficient (Wildman–Crippen LogP) is 2.01. The third kappa shape index (κ3) is 3.86. The molecule has 0 spiro atoms. The zero-order chi connectivity index (χ0) is 9.94. The van der Waals surface area contributed by atoms with Gasteiger partial charge in [0.15, 0.2) is 5.78 Å². The van der Waals surface area contributed by atoms with Gasteiger partial charge in [-0.2, -0.15) is 0 Å². The molecule has 0 saturated carbocycles. The molecule has 0 bridgehead atoms. The van der Waals surface area contributed by atoms with Crippen molar-refractivity contribution in [3.63, 3.8) is 0 Å². The summed E-state index contributed by atoms with van der Waals surface area (Å²) in [4.78, 5) is 11.4. The fourth-order valence-corrected chi connectivity index (χ4v) is 0.997. The van der Waals surface area contributed by atoms with Gasteiger partial charge in [0, 0.05) is 6.42 Å². The Labute approximate surface area is 75.0 Å². The van der Waals surface area contributed by atoms with Crippen LogP contribution in [0.5, 0.6) is 0 Å². The lowest BCUT2D eigenvalue weighted by Gasteiger charge is -2.24. The minimum atomic E-state index is -0.820. The van der Waals surface area contributed by atoms with E-state index in [1.165, 1.54) is 0 Å². The van der Waals surface area contributed by atoms with Crippen LogP contribution >= 0.6 is 0 Å². The summed E-state index contributed by atoms with van der Waals surface area (Å²) in [7, 11) is 0. The van der Waals surface area contributed by atoms with E-state index < -0.39 is 6.10 Å². The average molecular weight is 172 g/mol. The van der Waals surface area contributed by atoms with Gasteiger partial charge in [-0.25, -0.2) is 0 Å². The number of hydrogen-bond donors (Lipinski definition) is 1. The van der Waals surface area contributed by atoms with Crippen LogP contribution < -0.4 is 0 Å². The van der Waals surface area contributed by atoms with Crippen molar-refractivity contribution < 1.29 is 9.90 Å². The summed E-state index contributed by atoms with van der Waals surface area (Å²) in [5.74, 6) is 0.284. The van der Waals surface area contributed by atoms with Crippen LogP contribution in [-0.2, 0) is 4.79 Å². The number of Topliss-reactive ketones (excluding diaryl/α,β-unsaturated/α-hetero) is 1. The van der Waals surface area contributed by atoms with Crippen molar-refractivity contribution >= 4 is 5.78 Å². The molecule has 72 valence electrons. The molecular weight excluding hydrogens is 152 g/mol. The normalized spacial score (nSPS) is 14.9. The highest BCUT2D eigenvalue weighted by Crippen LogP contribution is 2.21. The third-order valence-electron chi connectivity index (χ3n) is 1.73. The molecule has 0 aromatic rings. The van der Waals surface area contributed by atoms with Gasteiger partial charge >= 0.3 is 0 Å². The van der Waals surface area contributed by atoms with Gasteiger partial charge in [0.1, 0.15) is 6.10 Å². The van der Waals surface area contributed by atoms with E-state index in [-0.39, 0.29) is 11.2 Å². The van der Waals surface area contributed by atoms with Crippen molar-refractivity contribution in [2.24, 2.45) is 11.3 Å². The van der Waals surface area contributed by atoms with Crippen LogP contribution in [0.2, 0.25) is 0 Å². The minimum Gasteiger partial charge on any atom is -0.385 e. The first-order chi connectivity index (χ1) is 5.25. The predicted molar refractivity (Wildman–Crippen MR) is 49.9 cm³/mol. The average Bonchev–Trinajstić information content (AvgIpc) is 1.82. The van der Waals surface area contributed by atoms with Crippen molar-refractivity contribution in [2.45, 2.75) is 47.1 Å². The Morgan fingerprint density at radius 2 is 1.75 bits per heavy atom. The lowest BCUT2D eigenvalue weighted by Crippen LogP contribution is -2.34. The molecule has 0 aliphatic rings. The van der Waals surface area contributed by atoms with E-state index in [1.54, 1.807) is 0 Å². The van der Waals surface area contributed by atoms with Crippen LogP contribution in [-0.4, -0.2) is 17.0 Å². The molecule has 0 rings (SSSR count). The quantitative estimate of drug-likeness (QED) is 0.707. The van der Waals surface area contributed by atoms with E-state index in [1.807, 2.05) is 34.6 Å². The maximum Gasteiger partial charge on any atom is 0.162 e. The maximum absolute atomic E-state index is 11.4. The molecule has 0 radical (unpaired) electrons. The Morgan fingerprint density at radius 3 is 2.00 bits per heavy atom. The SMILES string of the molecule is CC(C)CC(=O)C(O)C(C)(C)C. The molecule has 0 amide bonds. The Kier molecular flexibility index (Phi) is 3.91. The molecule has 0 aromatic carbocycles. The molecule has 0 saturated heterocycles. The lowest BCUT2D eigenvalue weighted by molar-refractivity contribution is -0.133. The fraction of sp³-hybridized carbons (Fsp3) is 0.900. The molecule has 2 nitrogen and oxygen atoms in total. The maximum atomic E-state index is 11.4. The molecule has 2 heteroatoms. The Balaban J connectivity index is 4.12. The van der Waals surface area contributed by atoms with E-state index in [9.17, 15) is 9.90 Å². The van der Waals surface area contributed by atoms with Crippen LogP contribution in [0, 0.1) is 11.3 Å². The van der Waals surface area contributed by atoms with Gasteiger partial charge in [0.2, 0.25) is 0 Å². The second-order valence-electron chi connectivity index (χ2n) is 4.83. The minimum absolute atomic E-state index is 0.0440. The standard InChI is InChI=1S/C10H20O2/c1-7(2)6-8(11)9(12)10(3,4)5/h7,9,12H,6H2,1-5H3. The molecule has 0 heterocycles. The van der Waals surface area contributed by atoms with Gasteiger partial charge in [0.25, 0.3) is 0 Å². The van der Waals surface area contributed by atoms with E-state index >= 15 is 0 Å². The number of hydrogen-bond acceptors (Lipinski definition) is 2. The van der Waals surface area contributed by atoms with E-state index in [0.29, 0.717) is 12.3 Å². The van der Waals surface area contributed by atoms with Crippen molar-refractivity contribution in [2.75, 3.05) is 0 Å². The Hall–Kier alpha value is -0.370. The van der Waals surface area contributed by atoms with Crippen LogP contribution in [0.15, 0.2) is 0 Å². The number of carbonyl (C=O) groups excluding carboxylic acids is 1. The second-order valence-corrected chi connectivity index (χ2v) is 4.83. The number of carbonyl (C=O) groups is 1. The van der Waals surface area contributed by atoms with Gasteiger partial charge in [0.05, 0.1) is 0 Å². The smallest absolute Gasteiger partial charge is 0.162 e. The molecule has 0 aromatic heterocycles. The Bertz CT molecular complexity index is 154. The van der Waals surface area contributed by atoms with Crippen LogP contribution in [0.4, 0.5) is 0 Å². The van der Waals surface area contributed by atoms with Gasteiger partial charge < -0.3 is 5.11 Å². The first-order valence-electron chi connectivity index (χ1n) is 4.46. The third-order valence-corrected chi connectivity index (χ3v) is 1.73. The fourth-order valence-electron chi connectivity index (χ4n) is 0.997. The van der Waals surface area contributed by atoms with Crippen molar-refractivity contribution in [1.29, 1.82) is 0 Å². The Morgan fingerprint density at radius 1 is 1.33 bits per heavy atom.